The monoisotopic (exact) mass is 348 g/mol. The maximum Gasteiger partial charge on any atom is 0.330 e. The Morgan fingerprint density at radius 2 is 2.00 bits per heavy atom. The summed E-state index contributed by atoms with van der Waals surface area (Å²) in [6.45, 7) is 7.69. The van der Waals surface area contributed by atoms with Crippen LogP contribution in [0.5, 0.6) is 0 Å². The maximum absolute atomic E-state index is 13.0. The Labute approximate surface area is 143 Å². The molecule has 2 fully saturated rings. The molecule has 2 aliphatic rings. The van der Waals surface area contributed by atoms with Crippen LogP contribution in [0.2, 0.25) is 0 Å². The number of carbonyl (C=O) groups is 1. The predicted molar refractivity (Wildman–Crippen MR) is 92.1 cm³/mol. The number of esters is 1. The summed E-state index contributed by atoms with van der Waals surface area (Å²) < 4.78 is 31.6. The first-order chi connectivity index (χ1) is 11.2. The van der Waals surface area contributed by atoms with Crippen molar-refractivity contribution in [2.24, 2.45) is 16.7 Å². The van der Waals surface area contributed by atoms with E-state index in [0.717, 1.165) is 25.3 Å². The maximum atomic E-state index is 13.0. The predicted octanol–water partition coefficient (Wildman–Crippen LogP) is 3.38. The molecule has 1 aromatic carbocycles. The minimum Gasteiger partial charge on any atom is -0.459 e. The minimum absolute atomic E-state index is 0.0165. The van der Waals surface area contributed by atoms with Gasteiger partial charge in [0.05, 0.1) is 10.6 Å². The fourth-order valence-corrected chi connectivity index (χ4v) is 6.86. The summed E-state index contributed by atoms with van der Waals surface area (Å²) in [6, 6.07) is 8.53. The third kappa shape index (κ3) is 2.50. The lowest BCUT2D eigenvalue weighted by Gasteiger charge is -2.41. The van der Waals surface area contributed by atoms with Gasteiger partial charge in [-0.25, -0.2) is 13.2 Å². The van der Waals surface area contributed by atoms with Gasteiger partial charge in [0.25, 0.3) is 0 Å². The first kappa shape index (κ1) is 17.2. The topological polar surface area (TPSA) is 60.4 Å². The normalized spacial score (nSPS) is 30.9. The van der Waals surface area contributed by atoms with Gasteiger partial charge in [-0.15, -0.1) is 0 Å². The van der Waals surface area contributed by atoms with Crippen molar-refractivity contribution in [1.82, 2.24) is 0 Å². The molecule has 2 aliphatic carbocycles. The van der Waals surface area contributed by atoms with Gasteiger partial charge in [0, 0.05) is 11.5 Å². The van der Waals surface area contributed by atoms with Crippen molar-refractivity contribution in [2.75, 3.05) is 5.75 Å². The molecule has 130 valence electrons. The molecule has 0 heterocycles. The summed E-state index contributed by atoms with van der Waals surface area (Å²) in [5.74, 6) is -0.0753. The molecule has 3 rings (SSSR count). The van der Waals surface area contributed by atoms with Crippen molar-refractivity contribution in [3.8, 4) is 0 Å². The third-order valence-corrected chi connectivity index (χ3v) is 8.22. The molecule has 0 aromatic heterocycles. The summed E-state index contributed by atoms with van der Waals surface area (Å²) in [5, 5.41) is 0. The molecule has 24 heavy (non-hydrogen) atoms. The van der Waals surface area contributed by atoms with Crippen molar-refractivity contribution >= 4 is 15.8 Å². The largest absolute Gasteiger partial charge is 0.459 e. The summed E-state index contributed by atoms with van der Waals surface area (Å²) in [6.07, 6.45) is 3.27. The molecule has 0 amide bonds. The Hall–Kier alpha value is -1.62. The van der Waals surface area contributed by atoms with Crippen LogP contribution in [0.1, 0.15) is 33.1 Å². The Balaban J connectivity index is 1.98. The number of hydrogen-bond donors (Lipinski definition) is 0. The lowest BCUT2D eigenvalue weighted by molar-refractivity contribution is -0.150. The van der Waals surface area contributed by atoms with Crippen molar-refractivity contribution in [3.63, 3.8) is 0 Å². The number of fused-ring (bicyclic) bond motifs is 2. The van der Waals surface area contributed by atoms with E-state index in [-0.39, 0.29) is 17.3 Å². The van der Waals surface area contributed by atoms with E-state index in [1.807, 2.05) is 0 Å². The van der Waals surface area contributed by atoms with Crippen LogP contribution in [0.25, 0.3) is 0 Å². The van der Waals surface area contributed by atoms with E-state index < -0.39 is 21.2 Å². The van der Waals surface area contributed by atoms with Crippen molar-refractivity contribution in [2.45, 2.75) is 44.1 Å². The second kappa shape index (κ2) is 5.73. The molecule has 0 unspecified atom stereocenters. The zero-order valence-corrected chi connectivity index (χ0v) is 15.0. The summed E-state index contributed by atoms with van der Waals surface area (Å²) in [5.41, 5.74) is -0.716. The molecule has 1 aromatic rings. The van der Waals surface area contributed by atoms with Gasteiger partial charge in [0.1, 0.15) is 6.10 Å². The van der Waals surface area contributed by atoms with E-state index in [1.54, 1.807) is 30.3 Å². The van der Waals surface area contributed by atoms with Crippen LogP contribution in [-0.2, 0) is 19.4 Å². The fourth-order valence-electron chi connectivity index (χ4n) is 4.74. The van der Waals surface area contributed by atoms with E-state index in [4.69, 9.17) is 4.74 Å². The minimum atomic E-state index is -3.45. The first-order valence-corrected chi connectivity index (χ1v) is 9.99. The van der Waals surface area contributed by atoms with E-state index in [2.05, 4.69) is 20.4 Å². The van der Waals surface area contributed by atoms with Gasteiger partial charge in [0.15, 0.2) is 9.84 Å². The highest BCUT2D eigenvalue weighted by atomic mass is 32.2. The van der Waals surface area contributed by atoms with E-state index in [1.165, 1.54) is 0 Å². The smallest absolute Gasteiger partial charge is 0.330 e. The Kier molecular flexibility index (Phi) is 4.11. The molecule has 5 heteroatoms. The number of hydrogen-bond acceptors (Lipinski definition) is 4. The molecule has 4 nitrogen and oxygen atoms in total. The molecule has 2 bridgehead atoms. The number of carbonyl (C=O) groups excluding carboxylic acids is 1. The van der Waals surface area contributed by atoms with Crippen LogP contribution in [-0.4, -0.2) is 26.2 Å². The van der Waals surface area contributed by atoms with Crippen LogP contribution in [0.3, 0.4) is 0 Å². The van der Waals surface area contributed by atoms with Crippen LogP contribution >= 0.6 is 0 Å². The Morgan fingerprint density at radius 3 is 2.58 bits per heavy atom. The highest BCUT2D eigenvalue weighted by Gasteiger charge is 2.66. The van der Waals surface area contributed by atoms with E-state index in [0.29, 0.717) is 10.8 Å². The average molecular weight is 348 g/mol. The molecular weight excluding hydrogens is 324 g/mol. The van der Waals surface area contributed by atoms with Gasteiger partial charge < -0.3 is 4.74 Å². The molecule has 0 spiro atoms. The Morgan fingerprint density at radius 1 is 1.33 bits per heavy atom. The van der Waals surface area contributed by atoms with Crippen LogP contribution in [0, 0.1) is 16.7 Å². The molecule has 0 aliphatic heterocycles. The first-order valence-electron chi connectivity index (χ1n) is 8.34. The number of rotatable bonds is 5. The number of ether oxygens (including phenoxy) is 1. The summed E-state index contributed by atoms with van der Waals surface area (Å²) >= 11 is 0. The third-order valence-electron chi connectivity index (χ3n) is 6.33. The van der Waals surface area contributed by atoms with Crippen LogP contribution in [0.4, 0.5) is 0 Å². The second-order valence-electron chi connectivity index (χ2n) is 7.55. The zero-order valence-electron chi connectivity index (χ0n) is 14.2. The van der Waals surface area contributed by atoms with Gasteiger partial charge >= 0.3 is 5.97 Å². The van der Waals surface area contributed by atoms with E-state index in [9.17, 15) is 13.2 Å². The van der Waals surface area contributed by atoms with Gasteiger partial charge in [-0.3, -0.25) is 0 Å². The number of benzene rings is 1. The highest BCUT2D eigenvalue weighted by molar-refractivity contribution is 7.91. The molecule has 2 saturated carbocycles. The molecular formula is C19H24O4S. The van der Waals surface area contributed by atoms with Gasteiger partial charge in [-0.2, -0.15) is 0 Å². The zero-order chi connectivity index (χ0) is 17.6. The fraction of sp³-hybridized carbons (Fsp3) is 0.526. The van der Waals surface area contributed by atoms with Gasteiger partial charge in [-0.1, -0.05) is 38.6 Å². The quantitative estimate of drug-likeness (QED) is 0.604. The molecule has 3 atom stereocenters. The van der Waals surface area contributed by atoms with Crippen molar-refractivity contribution in [3.05, 3.63) is 43.0 Å². The molecule has 0 saturated heterocycles. The standard InChI is InChI=1S/C19H24O4S/c1-4-17(20)23-16-12-14-10-11-19(16,18(14,2)3)13-24(21,22)15-8-6-5-7-9-15/h4-9,14,16H,1,10-13H2,2-3H3/t14-,16-,19-/m1/s1. The van der Waals surface area contributed by atoms with Crippen molar-refractivity contribution in [1.29, 1.82) is 0 Å². The SMILES string of the molecule is C=CC(=O)O[C@@H]1C[C@H]2CC[C@]1(CS(=O)(=O)c1ccccc1)C2(C)C. The van der Waals surface area contributed by atoms with Gasteiger partial charge in [-0.05, 0) is 42.7 Å². The van der Waals surface area contributed by atoms with Gasteiger partial charge in [0.2, 0.25) is 0 Å². The second-order valence-corrected chi connectivity index (χ2v) is 9.54. The lowest BCUT2D eigenvalue weighted by atomic mass is 9.69. The number of sulfone groups is 1. The summed E-state index contributed by atoms with van der Waals surface area (Å²) in [7, 11) is -3.45. The van der Waals surface area contributed by atoms with Crippen molar-refractivity contribution < 1.29 is 17.9 Å². The van der Waals surface area contributed by atoms with Crippen LogP contribution in [0.15, 0.2) is 47.9 Å². The average Bonchev–Trinajstić information content (AvgIpc) is 2.90. The highest BCUT2D eigenvalue weighted by Crippen LogP contribution is 2.67. The Bertz CT molecular complexity index is 751. The van der Waals surface area contributed by atoms with E-state index >= 15 is 0 Å². The van der Waals surface area contributed by atoms with Crippen LogP contribution < -0.4 is 0 Å². The molecule has 0 radical (unpaired) electrons. The summed E-state index contributed by atoms with van der Waals surface area (Å²) in [4.78, 5) is 12.1. The lowest BCUT2D eigenvalue weighted by Crippen LogP contribution is -2.46. The molecule has 0 N–H and O–H groups in total.